The summed E-state index contributed by atoms with van der Waals surface area (Å²) >= 11 is 7.08. The Balaban J connectivity index is 2.05. The molecular weight excluding hydrogens is 460 g/mol. The monoisotopic (exact) mass is 492 g/mol. The van der Waals surface area contributed by atoms with Gasteiger partial charge in [0.15, 0.2) is 5.76 Å². The lowest BCUT2D eigenvalue weighted by Gasteiger charge is -2.27. The molecule has 0 spiro atoms. The Morgan fingerprint density at radius 2 is 1.89 bits per heavy atom. The SMILES string of the molecule is C=C(C=NC1=C(C)OCCO1)C1=CC/C=C\CC(/C(Cl)=C(/CC)N(C(C)=O)c2ccccc2)=C1C. The topological polar surface area (TPSA) is 51.1 Å². The quantitative estimate of drug-likeness (QED) is 0.295. The smallest absolute Gasteiger partial charge is 0.252 e. The number of benzene rings is 1. The molecule has 1 aromatic carbocycles. The molecule has 1 aromatic rings. The minimum Gasteiger partial charge on any atom is -0.489 e. The Labute approximate surface area is 213 Å². The van der Waals surface area contributed by atoms with E-state index < -0.39 is 0 Å². The largest absolute Gasteiger partial charge is 0.489 e. The highest BCUT2D eigenvalue weighted by Gasteiger charge is 2.22. The Bertz CT molecular complexity index is 1150. The van der Waals surface area contributed by atoms with Gasteiger partial charge in [0.1, 0.15) is 13.2 Å². The summed E-state index contributed by atoms with van der Waals surface area (Å²) in [7, 11) is 0. The molecule has 0 unspecified atom stereocenters. The second-order valence-corrected chi connectivity index (χ2v) is 8.66. The van der Waals surface area contributed by atoms with Crippen molar-refractivity contribution < 1.29 is 14.3 Å². The zero-order valence-corrected chi connectivity index (χ0v) is 21.7. The van der Waals surface area contributed by atoms with Crippen LogP contribution in [-0.4, -0.2) is 25.3 Å². The van der Waals surface area contributed by atoms with E-state index in [9.17, 15) is 4.79 Å². The van der Waals surface area contributed by atoms with Gasteiger partial charge < -0.3 is 9.47 Å². The lowest BCUT2D eigenvalue weighted by Crippen LogP contribution is -2.28. The van der Waals surface area contributed by atoms with Crippen LogP contribution in [0.2, 0.25) is 0 Å². The van der Waals surface area contributed by atoms with Gasteiger partial charge in [-0.15, -0.1) is 0 Å². The summed E-state index contributed by atoms with van der Waals surface area (Å²) in [5.74, 6) is 1.04. The highest BCUT2D eigenvalue weighted by molar-refractivity contribution is 6.33. The van der Waals surface area contributed by atoms with Crippen molar-refractivity contribution >= 4 is 29.4 Å². The first-order chi connectivity index (χ1) is 16.8. The Kier molecular flexibility index (Phi) is 9.32. The number of rotatable bonds is 7. The molecule has 0 aromatic heterocycles. The van der Waals surface area contributed by atoms with E-state index in [2.05, 4.69) is 29.8 Å². The number of hydrogen-bond donors (Lipinski definition) is 0. The number of carbonyl (C=O) groups is 1. The maximum atomic E-state index is 12.7. The molecular formula is C29H33ClN2O3. The van der Waals surface area contributed by atoms with Gasteiger partial charge in [-0.05, 0) is 67.5 Å². The second kappa shape index (κ2) is 12.4. The summed E-state index contributed by atoms with van der Waals surface area (Å²) in [4.78, 5) is 18.9. The molecule has 5 nitrogen and oxygen atoms in total. The van der Waals surface area contributed by atoms with E-state index in [0.717, 1.165) is 40.1 Å². The number of hydrogen-bond acceptors (Lipinski definition) is 4. The van der Waals surface area contributed by atoms with Crippen molar-refractivity contribution in [2.75, 3.05) is 18.1 Å². The summed E-state index contributed by atoms with van der Waals surface area (Å²) in [6.45, 7) is 12.7. The first kappa shape index (κ1) is 26.3. The van der Waals surface area contributed by atoms with Crippen LogP contribution in [0.4, 0.5) is 5.69 Å². The van der Waals surface area contributed by atoms with Gasteiger partial charge in [0.2, 0.25) is 5.91 Å². The third-order valence-corrected chi connectivity index (χ3v) is 6.33. The van der Waals surface area contributed by atoms with Crippen molar-refractivity contribution in [2.24, 2.45) is 4.99 Å². The van der Waals surface area contributed by atoms with E-state index in [1.54, 1.807) is 18.0 Å². The number of ether oxygens (including phenoxy) is 2. The minimum absolute atomic E-state index is 0.0866. The molecule has 0 bridgehead atoms. The molecule has 1 aliphatic carbocycles. The molecule has 1 aliphatic heterocycles. The molecule has 3 rings (SSSR count). The van der Waals surface area contributed by atoms with Crippen molar-refractivity contribution in [1.29, 1.82) is 0 Å². The van der Waals surface area contributed by atoms with Crippen LogP contribution in [-0.2, 0) is 14.3 Å². The first-order valence-electron chi connectivity index (χ1n) is 11.8. The first-order valence-corrected chi connectivity index (χ1v) is 12.2. The molecule has 184 valence electrons. The molecule has 0 saturated carbocycles. The van der Waals surface area contributed by atoms with Gasteiger partial charge in [-0.1, -0.05) is 61.5 Å². The van der Waals surface area contributed by atoms with E-state index in [-0.39, 0.29) is 5.91 Å². The van der Waals surface area contributed by atoms with Crippen LogP contribution in [0.1, 0.15) is 47.0 Å². The zero-order chi connectivity index (χ0) is 25.4. The van der Waals surface area contributed by atoms with Crippen LogP contribution >= 0.6 is 11.6 Å². The van der Waals surface area contributed by atoms with Crippen molar-refractivity contribution in [3.05, 3.63) is 99.8 Å². The number of anilines is 1. The Morgan fingerprint density at radius 3 is 2.54 bits per heavy atom. The molecule has 0 saturated heterocycles. The molecule has 35 heavy (non-hydrogen) atoms. The maximum Gasteiger partial charge on any atom is 0.252 e. The Hall–Kier alpha value is -3.31. The van der Waals surface area contributed by atoms with Crippen LogP contribution < -0.4 is 4.90 Å². The average molecular weight is 493 g/mol. The average Bonchev–Trinajstić information content (AvgIpc) is 2.84. The third-order valence-electron chi connectivity index (χ3n) is 5.88. The number of carbonyl (C=O) groups excluding carboxylic acids is 1. The number of nitrogens with zero attached hydrogens (tertiary/aromatic N) is 2. The highest BCUT2D eigenvalue weighted by Crippen LogP contribution is 2.36. The number of amides is 1. The molecule has 2 aliphatic rings. The molecule has 0 radical (unpaired) electrons. The van der Waals surface area contributed by atoms with Crippen molar-refractivity contribution in [2.45, 2.75) is 47.0 Å². The number of aliphatic imine (C=N–C) groups is 1. The second-order valence-electron chi connectivity index (χ2n) is 8.28. The normalized spacial score (nSPS) is 18.1. The van der Waals surface area contributed by atoms with Crippen molar-refractivity contribution in [3.63, 3.8) is 0 Å². The molecule has 0 fully saturated rings. The molecule has 1 amide bonds. The van der Waals surface area contributed by atoms with Gasteiger partial charge in [-0.2, -0.15) is 0 Å². The predicted molar refractivity (Wildman–Crippen MR) is 144 cm³/mol. The summed E-state index contributed by atoms with van der Waals surface area (Å²) in [5, 5.41) is 0.578. The molecule has 0 N–H and O–H groups in total. The predicted octanol–water partition coefficient (Wildman–Crippen LogP) is 7.36. The van der Waals surface area contributed by atoms with Crippen molar-refractivity contribution in [3.8, 4) is 0 Å². The van der Waals surface area contributed by atoms with E-state index in [1.807, 2.05) is 51.1 Å². The van der Waals surface area contributed by atoms with E-state index in [0.29, 0.717) is 42.7 Å². The van der Waals surface area contributed by atoms with E-state index >= 15 is 0 Å². The van der Waals surface area contributed by atoms with Crippen LogP contribution in [0.5, 0.6) is 0 Å². The highest BCUT2D eigenvalue weighted by atomic mass is 35.5. The fourth-order valence-corrected chi connectivity index (χ4v) is 4.54. The van der Waals surface area contributed by atoms with E-state index in [4.69, 9.17) is 21.1 Å². The fourth-order valence-electron chi connectivity index (χ4n) is 4.10. The van der Waals surface area contributed by atoms with Gasteiger partial charge in [0.05, 0.1) is 5.03 Å². The van der Waals surface area contributed by atoms with Crippen LogP contribution in [0.3, 0.4) is 0 Å². The number of para-hydroxylation sites is 1. The van der Waals surface area contributed by atoms with Gasteiger partial charge in [-0.25, -0.2) is 4.99 Å². The van der Waals surface area contributed by atoms with Crippen molar-refractivity contribution in [1.82, 2.24) is 0 Å². The van der Waals surface area contributed by atoms with Gasteiger partial charge in [0.25, 0.3) is 5.88 Å². The summed E-state index contributed by atoms with van der Waals surface area (Å²) in [6, 6.07) is 9.59. The van der Waals surface area contributed by atoms with Gasteiger partial charge in [0, 0.05) is 24.5 Å². The summed E-state index contributed by atoms with van der Waals surface area (Å²) < 4.78 is 11.1. The van der Waals surface area contributed by atoms with Crippen LogP contribution in [0, 0.1) is 0 Å². The standard InChI is InChI=1S/C29H33ClN2O3/c1-6-27(32(23(5)33)24-13-9-7-10-14-24)28(30)26-16-12-8-11-15-25(21(26)3)20(2)19-31-29-22(4)34-17-18-35-29/h7-10,12-15,19H,2,6,11,16-18H2,1,3-5H3/b12-8-,25-15?,26-21?,28-27+,31-19?. The van der Waals surface area contributed by atoms with Crippen LogP contribution in [0.25, 0.3) is 0 Å². The number of halogens is 1. The molecule has 6 heteroatoms. The van der Waals surface area contributed by atoms with Gasteiger partial charge >= 0.3 is 0 Å². The lowest BCUT2D eigenvalue weighted by molar-refractivity contribution is -0.116. The van der Waals surface area contributed by atoms with E-state index in [1.165, 1.54) is 0 Å². The fraction of sp³-hybridized carbons (Fsp3) is 0.310. The van der Waals surface area contributed by atoms with Gasteiger partial charge in [-0.3, -0.25) is 9.69 Å². The zero-order valence-electron chi connectivity index (χ0n) is 20.9. The molecule has 0 atom stereocenters. The maximum absolute atomic E-state index is 12.7. The summed E-state index contributed by atoms with van der Waals surface area (Å²) in [6.07, 6.45) is 10.1. The third kappa shape index (κ3) is 6.43. The van der Waals surface area contributed by atoms with Crippen LogP contribution in [0.15, 0.2) is 105 Å². The lowest BCUT2D eigenvalue weighted by atomic mass is 9.91. The minimum atomic E-state index is -0.0866. The summed E-state index contributed by atoms with van der Waals surface area (Å²) in [5.41, 5.74) is 5.23. The number of allylic oxidation sites excluding steroid dienone is 10. The Morgan fingerprint density at radius 1 is 1.17 bits per heavy atom. The molecule has 1 heterocycles.